The van der Waals surface area contributed by atoms with Crippen LogP contribution in [0.5, 0.6) is 0 Å². The molecule has 0 spiro atoms. The van der Waals surface area contributed by atoms with Crippen molar-refractivity contribution in [3.8, 4) is 0 Å². The largest absolute Gasteiger partial charge is 0.353 e. The van der Waals surface area contributed by atoms with Crippen LogP contribution in [0.1, 0.15) is 56.9 Å². The Morgan fingerprint density at radius 1 is 1.08 bits per heavy atom. The summed E-state index contributed by atoms with van der Waals surface area (Å²) in [5, 5.41) is 2.87. The lowest BCUT2D eigenvalue weighted by atomic mass is 9.78. The second-order valence-corrected chi connectivity index (χ2v) is 7.48. The Hall–Kier alpha value is -2.10. The van der Waals surface area contributed by atoms with Crippen LogP contribution >= 0.6 is 0 Å². The molecule has 0 radical (unpaired) electrons. The Morgan fingerprint density at radius 2 is 1.85 bits per heavy atom. The molecule has 1 heterocycles. The molecule has 140 valence electrons. The van der Waals surface area contributed by atoms with E-state index >= 15 is 0 Å². The topological polar surface area (TPSA) is 49.4 Å². The number of benzene rings is 1. The van der Waals surface area contributed by atoms with Crippen LogP contribution < -0.4 is 5.32 Å². The second-order valence-electron chi connectivity index (χ2n) is 7.48. The van der Waals surface area contributed by atoms with Gasteiger partial charge in [0.1, 0.15) is 0 Å². The minimum absolute atomic E-state index is 0.105. The van der Waals surface area contributed by atoms with Crippen molar-refractivity contribution in [3.05, 3.63) is 42.0 Å². The molecule has 1 aromatic rings. The molecule has 2 amide bonds. The summed E-state index contributed by atoms with van der Waals surface area (Å²) >= 11 is 0. The van der Waals surface area contributed by atoms with E-state index in [2.05, 4.69) is 10.2 Å². The van der Waals surface area contributed by atoms with Gasteiger partial charge in [-0.25, -0.2) is 0 Å². The summed E-state index contributed by atoms with van der Waals surface area (Å²) in [6, 6.07) is 10.2. The summed E-state index contributed by atoms with van der Waals surface area (Å²) < 4.78 is 0. The van der Waals surface area contributed by atoms with Crippen molar-refractivity contribution >= 4 is 17.9 Å². The summed E-state index contributed by atoms with van der Waals surface area (Å²) in [5.74, 6) is 0.895. The molecule has 1 aliphatic heterocycles. The Labute approximate surface area is 156 Å². The van der Waals surface area contributed by atoms with Gasteiger partial charge >= 0.3 is 0 Å². The number of rotatable bonds is 6. The molecule has 4 nitrogen and oxygen atoms in total. The molecular weight excluding hydrogens is 324 g/mol. The van der Waals surface area contributed by atoms with E-state index in [1.807, 2.05) is 30.3 Å². The third kappa shape index (κ3) is 5.20. The zero-order valence-electron chi connectivity index (χ0n) is 15.5. The average molecular weight is 354 g/mol. The first-order valence-electron chi connectivity index (χ1n) is 10.0. The van der Waals surface area contributed by atoms with Crippen molar-refractivity contribution in [2.75, 3.05) is 13.1 Å². The highest BCUT2D eigenvalue weighted by Crippen LogP contribution is 2.35. The van der Waals surface area contributed by atoms with Crippen molar-refractivity contribution in [3.63, 3.8) is 0 Å². The monoisotopic (exact) mass is 354 g/mol. The van der Waals surface area contributed by atoms with Crippen LogP contribution in [0.3, 0.4) is 0 Å². The van der Waals surface area contributed by atoms with Gasteiger partial charge in [0.15, 0.2) is 0 Å². The lowest BCUT2D eigenvalue weighted by Crippen LogP contribution is -2.49. The van der Waals surface area contributed by atoms with Crippen LogP contribution in [0, 0.1) is 5.92 Å². The first-order valence-corrected chi connectivity index (χ1v) is 10.0. The highest BCUT2D eigenvalue weighted by molar-refractivity contribution is 5.91. The minimum Gasteiger partial charge on any atom is -0.353 e. The van der Waals surface area contributed by atoms with Crippen LogP contribution in [0.25, 0.3) is 6.08 Å². The van der Waals surface area contributed by atoms with E-state index in [1.54, 1.807) is 12.2 Å². The van der Waals surface area contributed by atoms with Gasteiger partial charge in [0.05, 0.1) is 0 Å². The molecule has 0 bridgehead atoms. The molecular formula is C22H30N2O2. The number of piperidine rings is 1. The molecule has 1 aromatic carbocycles. The summed E-state index contributed by atoms with van der Waals surface area (Å²) in [7, 11) is 0. The molecule has 0 aromatic heterocycles. The smallest absolute Gasteiger partial charge is 0.243 e. The van der Waals surface area contributed by atoms with Gasteiger partial charge < -0.3 is 10.2 Å². The van der Waals surface area contributed by atoms with Gasteiger partial charge in [0.25, 0.3) is 0 Å². The molecule has 1 aliphatic carbocycles. The van der Waals surface area contributed by atoms with Gasteiger partial charge in [0, 0.05) is 31.6 Å². The number of nitrogens with one attached hydrogen (secondary N) is 1. The van der Waals surface area contributed by atoms with E-state index in [-0.39, 0.29) is 11.8 Å². The second kappa shape index (κ2) is 9.56. The van der Waals surface area contributed by atoms with Crippen LogP contribution in [-0.4, -0.2) is 35.8 Å². The standard InChI is InChI=1S/C22H30N2O2/c25-21(15-14-18-8-2-1-3-9-18)23-16-6-13-22(26)24-17-7-11-19-10-4-5-12-20(19)24/h1-3,8-9,14-15,19-20H,4-7,10-13,16-17H2,(H,23,25)/b15-14+. The van der Waals surface area contributed by atoms with Gasteiger partial charge in [0.2, 0.25) is 11.8 Å². The SMILES string of the molecule is O=C(/C=C/c1ccccc1)NCCCC(=O)N1CCCC2CCCCC21. The summed E-state index contributed by atoms with van der Waals surface area (Å²) in [4.78, 5) is 26.6. The fourth-order valence-corrected chi connectivity index (χ4v) is 4.32. The molecule has 2 unspecified atom stereocenters. The lowest BCUT2D eigenvalue weighted by Gasteiger charge is -2.44. The highest BCUT2D eigenvalue weighted by atomic mass is 16.2. The van der Waals surface area contributed by atoms with Crippen LogP contribution in [0.2, 0.25) is 0 Å². The number of carbonyl (C=O) groups excluding carboxylic acids is 2. The maximum absolute atomic E-state index is 12.6. The first kappa shape index (κ1) is 18.7. The van der Waals surface area contributed by atoms with E-state index in [1.165, 1.54) is 32.1 Å². The molecule has 2 fully saturated rings. The molecule has 1 N–H and O–H groups in total. The van der Waals surface area contributed by atoms with Crippen LogP contribution in [0.4, 0.5) is 0 Å². The number of hydrogen-bond donors (Lipinski definition) is 1. The van der Waals surface area contributed by atoms with E-state index in [9.17, 15) is 9.59 Å². The maximum atomic E-state index is 12.6. The Balaban J connectivity index is 1.37. The molecule has 26 heavy (non-hydrogen) atoms. The van der Waals surface area contributed by atoms with E-state index in [4.69, 9.17) is 0 Å². The van der Waals surface area contributed by atoms with E-state index in [0.717, 1.165) is 24.4 Å². The van der Waals surface area contributed by atoms with Crippen molar-refractivity contribution in [1.82, 2.24) is 10.2 Å². The number of likely N-dealkylation sites (tertiary alicyclic amines) is 1. The average Bonchev–Trinajstić information content (AvgIpc) is 2.70. The van der Waals surface area contributed by atoms with Crippen molar-refractivity contribution < 1.29 is 9.59 Å². The highest BCUT2D eigenvalue weighted by Gasteiger charge is 2.35. The molecule has 3 rings (SSSR count). The predicted octanol–water partition coefficient (Wildman–Crippen LogP) is 3.78. The predicted molar refractivity (Wildman–Crippen MR) is 104 cm³/mol. The molecule has 2 atom stereocenters. The van der Waals surface area contributed by atoms with Crippen molar-refractivity contribution in [1.29, 1.82) is 0 Å². The molecule has 1 saturated heterocycles. The van der Waals surface area contributed by atoms with Gasteiger partial charge in [-0.3, -0.25) is 9.59 Å². The Bertz CT molecular complexity index is 624. The molecule has 2 aliphatic rings. The molecule has 4 heteroatoms. The minimum atomic E-state index is -0.105. The maximum Gasteiger partial charge on any atom is 0.243 e. The van der Waals surface area contributed by atoms with Crippen LogP contribution in [0.15, 0.2) is 36.4 Å². The number of carbonyl (C=O) groups is 2. The Morgan fingerprint density at radius 3 is 2.69 bits per heavy atom. The number of amides is 2. The Kier molecular flexibility index (Phi) is 6.87. The number of fused-ring (bicyclic) bond motifs is 1. The van der Waals surface area contributed by atoms with E-state index in [0.29, 0.717) is 25.4 Å². The number of hydrogen-bond acceptors (Lipinski definition) is 2. The normalized spacial score (nSPS) is 22.8. The van der Waals surface area contributed by atoms with Gasteiger partial charge in [-0.05, 0) is 49.7 Å². The molecule has 1 saturated carbocycles. The number of nitrogens with zero attached hydrogens (tertiary/aromatic N) is 1. The van der Waals surface area contributed by atoms with Crippen molar-refractivity contribution in [2.24, 2.45) is 5.92 Å². The quantitative estimate of drug-likeness (QED) is 0.624. The first-order chi connectivity index (χ1) is 12.7. The fraction of sp³-hybridized carbons (Fsp3) is 0.545. The zero-order chi connectivity index (χ0) is 18.2. The zero-order valence-corrected chi connectivity index (χ0v) is 15.5. The van der Waals surface area contributed by atoms with Crippen LogP contribution in [-0.2, 0) is 9.59 Å². The lowest BCUT2D eigenvalue weighted by molar-refractivity contribution is -0.137. The fourth-order valence-electron chi connectivity index (χ4n) is 4.32. The third-order valence-electron chi connectivity index (χ3n) is 5.66. The summed E-state index contributed by atoms with van der Waals surface area (Å²) in [5.41, 5.74) is 1.00. The van der Waals surface area contributed by atoms with Gasteiger partial charge in [-0.2, -0.15) is 0 Å². The van der Waals surface area contributed by atoms with E-state index < -0.39 is 0 Å². The van der Waals surface area contributed by atoms with Crippen molar-refractivity contribution in [2.45, 2.75) is 57.4 Å². The third-order valence-corrected chi connectivity index (χ3v) is 5.66. The van der Waals surface area contributed by atoms with Gasteiger partial charge in [-0.1, -0.05) is 43.2 Å². The summed E-state index contributed by atoms with van der Waals surface area (Å²) in [6.07, 6.45) is 12.1. The van der Waals surface area contributed by atoms with Gasteiger partial charge in [-0.15, -0.1) is 0 Å². The summed E-state index contributed by atoms with van der Waals surface area (Å²) in [6.45, 7) is 1.47.